The van der Waals surface area contributed by atoms with E-state index in [1.165, 1.54) is 0 Å². The van der Waals surface area contributed by atoms with Crippen molar-refractivity contribution >= 4 is 11.6 Å². The van der Waals surface area contributed by atoms with Crippen LogP contribution < -0.4 is 5.73 Å². The molecule has 1 heterocycles. The van der Waals surface area contributed by atoms with Crippen LogP contribution in [0.25, 0.3) is 0 Å². The van der Waals surface area contributed by atoms with Gasteiger partial charge in [0, 0.05) is 26.8 Å². The van der Waals surface area contributed by atoms with E-state index in [1.807, 2.05) is 7.05 Å². The topological polar surface area (TPSA) is 71.5 Å². The third-order valence-corrected chi connectivity index (χ3v) is 3.33. The number of anilines is 1. The Morgan fingerprint density at radius 3 is 2.76 bits per heavy atom. The molecule has 1 aliphatic carbocycles. The maximum Gasteiger partial charge on any atom is 0.270 e. The maximum absolute atomic E-state index is 12.1. The summed E-state index contributed by atoms with van der Waals surface area (Å²) in [6.07, 6.45) is 3.16. The van der Waals surface area contributed by atoms with Gasteiger partial charge in [0.1, 0.15) is 5.69 Å². The monoisotopic (exact) mass is 237 g/mol. The summed E-state index contributed by atoms with van der Waals surface area (Å²) in [5, 5.41) is 9.21. The van der Waals surface area contributed by atoms with Crippen LogP contribution in [0.3, 0.4) is 0 Å². The van der Waals surface area contributed by atoms with Gasteiger partial charge in [-0.05, 0) is 24.8 Å². The van der Waals surface area contributed by atoms with Gasteiger partial charge >= 0.3 is 0 Å². The minimum atomic E-state index is -0.172. The number of carbonyl (C=O) groups is 1. The number of aliphatic hydroxyl groups excluding tert-OH is 1. The fraction of sp³-hybridized carbons (Fsp3) is 0.583. The van der Waals surface area contributed by atoms with E-state index in [2.05, 4.69) is 0 Å². The van der Waals surface area contributed by atoms with E-state index in [-0.39, 0.29) is 12.0 Å². The fourth-order valence-corrected chi connectivity index (χ4v) is 2.32. The summed E-state index contributed by atoms with van der Waals surface area (Å²) >= 11 is 0. The second-order valence-electron chi connectivity index (χ2n) is 4.95. The van der Waals surface area contributed by atoms with Crippen LogP contribution in [0.15, 0.2) is 12.3 Å². The molecule has 0 aliphatic heterocycles. The van der Waals surface area contributed by atoms with E-state index in [0.717, 1.165) is 12.8 Å². The number of nitrogens with zero attached hydrogens (tertiary/aromatic N) is 2. The molecule has 3 N–H and O–H groups in total. The number of carbonyl (C=O) groups excluding carboxylic acids is 1. The van der Waals surface area contributed by atoms with Crippen molar-refractivity contribution in [1.29, 1.82) is 0 Å². The van der Waals surface area contributed by atoms with Gasteiger partial charge in [-0.2, -0.15) is 0 Å². The Kier molecular flexibility index (Phi) is 3.11. The summed E-state index contributed by atoms with van der Waals surface area (Å²) in [5.74, 6) is 0.405. The third kappa shape index (κ3) is 2.44. The average molecular weight is 237 g/mol. The van der Waals surface area contributed by atoms with Crippen molar-refractivity contribution in [2.45, 2.75) is 18.9 Å². The number of aliphatic hydroxyl groups is 1. The first kappa shape index (κ1) is 12.0. The Hall–Kier alpha value is -1.49. The molecule has 5 heteroatoms. The zero-order valence-electron chi connectivity index (χ0n) is 10.3. The molecule has 1 saturated carbocycles. The molecule has 1 aromatic heterocycles. The van der Waals surface area contributed by atoms with E-state index in [9.17, 15) is 9.90 Å². The zero-order chi connectivity index (χ0) is 12.6. The predicted octanol–water partition coefficient (Wildman–Crippen LogP) is 0.450. The van der Waals surface area contributed by atoms with E-state index in [4.69, 9.17) is 5.73 Å². The molecular weight excluding hydrogens is 218 g/mol. The Labute approximate surface area is 101 Å². The molecule has 0 unspecified atom stereocenters. The lowest BCUT2D eigenvalue weighted by Gasteiger charge is -2.34. The second-order valence-corrected chi connectivity index (χ2v) is 4.95. The van der Waals surface area contributed by atoms with Crippen molar-refractivity contribution in [3.8, 4) is 0 Å². The number of aromatic nitrogens is 1. The average Bonchev–Trinajstić information content (AvgIpc) is 2.54. The third-order valence-electron chi connectivity index (χ3n) is 3.33. The van der Waals surface area contributed by atoms with E-state index in [0.29, 0.717) is 23.8 Å². The van der Waals surface area contributed by atoms with Crippen molar-refractivity contribution in [2.75, 3.05) is 19.3 Å². The fourth-order valence-electron chi connectivity index (χ4n) is 2.32. The van der Waals surface area contributed by atoms with Gasteiger partial charge in [-0.15, -0.1) is 0 Å². The van der Waals surface area contributed by atoms with Gasteiger partial charge in [-0.3, -0.25) is 4.79 Å². The summed E-state index contributed by atoms with van der Waals surface area (Å²) in [6, 6.07) is 1.69. The lowest BCUT2D eigenvalue weighted by atomic mass is 9.82. The molecule has 0 spiro atoms. The molecule has 0 bridgehead atoms. The van der Waals surface area contributed by atoms with E-state index in [1.54, 1.807) is 28.8 Å². The van der Waals surface area contributed by atoms with Gasteiger partial charge in [0.05, 0.1) is 11.8 Å². The largest absolute Gasteiger partial charge is 0.397 e. The highest BCUT2D eigenvalue weighted by Gasteiger charge is 2.29. The van der Waals surface area contributed by atoms with Crippen molar-refractivity contribution in [3.05, 3.63) is 18.0 Å². The quantitative estimate of drug-likeness (QED) is 0.801. The van der Waals surface area contributed by atoms with Crippen LogP contribution in [0.2, 0.25) is 0 Å². The van der Waals surface area contributed by atoms with Crippen molar-refractivity contribution in [1.82, 2.24) is 9.47 Å². The minimum absolute atomic E-state index is 0.0226. The molecule has 5 nitrogen and oxygen atoms in total. The predicted molar refractivity (Wildman–Crippen MR) is 65.5 cm³/mol. The Morgan fingerprint density at radius 2 is 2.29 bits per heavy atom. The summed E-state index contributed by atoms with van der Waals surface area (Å²) in [7, 11) is 3.60. The standard InChI is InChI=1S/C12H19N3O2/c1-14-7-9(13)5-11(14)12(17)15(2)6-8-3-10(16)4-8/h5,7-8,10,16H,3-4,6,13H2,1-2H3. The number of nitrogen functional groups attached to an aromatic ring is 1. The van der Waals surface area contributed by atoms with Crippen LogP contribution in [-0.4, -0.2) is 40.2 Å². The van der Waals surface area contributed by atoms with Crippen molar-refractivity contribution < 1.29 is 9.90 Å². The molecule has 17 heavy (non-hydrogen) atoms. The van der Waals surface area contributed by atoms with Crippen LogP contribution >= 0.6 is 0 Å². The van der Waals surface area contributed by atoms with Gasteiger partial charge in [-0.1, -0.05) is 0 Å². The molecule has 1 amide bonds. The summed E-state index contributed by atoms with van der Waals surface area (Å²) in [6.45, 7) is 0.695. The smallest absolute Gasteiger partial charge is 0.270 e. The van der Waals surface area contributed by atoms with Gasteiger partial charge in [-0.25, -0.2) is 0 Å². The van der Waals surface area contributed by atoms with Crippen LogP contribution in [0.4, 0.5) is 5.69 Å². The number of rotatable bonds is 3. The Morgan fingerprint density at radius 1 is 1.65 bits per heavy atom. The Balaban J connectivity index is 1.97. The molecule has 94 valence electrons. The molecule has 0 atom stereocenters. The van der Waals surface area contributed by atoms with Crippen LogP contribution in [0.1, 0.15) is 23.3 Å². The number of nitrogens with two attached hydrogens (primary N) is 1. The number of hydrogen-bond acceptors (Lipinski definition) is 3. The summed E-state index contributed by atoms with van der Waals surface area (Å²) in [4.78, 5) is 13.8. The SMILES string of the molecule is CN(CC1CC(O)C1)C(=O)c1cc(N)cn1C. The second kappa shape index (κ2) is 4.41. The molecule has 1 aromatic rings. The van der Waals surface area contributed by atoms with E-state index < -0.39 is 0 Å². The first-order valence-corrected chi connectivity index (χ1v) is 5.82. The van der Waals surface area contributed by atoms with Gasteiger partial charge < -0.3 is 20.3 Å². The molecule has 0 saturated heterocycles. The highest BCUT2D eigenvalue weighted by molar-refractivity contribution is 5.93. The molecule has 0 radical (unpaired) electrons. The summed E-state index contributed by atoms with van der Waals surface area (Å²) < 4.78 is 1.74. The van der Waals surface area contributed by atoms with Gasteiger partial charge in [0.15, 0.2) is 0 Å². The first-order valence-electron chi connectivity index (χ1n) is 5.82. The van der Waals surface area contributed by atoms with Crippen LogP contribution in [-0.2, 0) is 7.05 Å². The highest BCUT2D eigenvalue weighted by atomic mass is 16.3. The Bertz CT molecular complexity index is 421. The molecule has 1 fully saturated rings. The normalized spacial score (nSPS) is 23.2. The van der Waals surface area contributed by atoms with Crippen LogP contribution in [0.5, 0.6) is 0 Å². The van der Waals surface area contributed by atoms with Crippen molar-refractivity contribution in [2.24, 2.45) is 13.0 Å². The maximum atomic E-state index is 12.1. The van der Waals surface area contributed by atoms with E-state index >= 15 is 0 Å². The van der Waals surface area contributed by atoms with Gasteiger partial charge in [0.25, 0.3) is 5.91 Å². The molecular formula is C12H19N3O2. The van der Waals surface area contributed by atoms with Gasteiger partial charge in [0.2, 0.25) is 0 Å². The zero-order valence-corrected chi connectivity index (χ0v) is 10.3. The number of aryl methyl sites for hydroxylation is 1. The summed E-state index contributed by atoms with van der Waals surface area (Å²) in [5.41, 5.74) is 6.85. The minimum Gasteiger partial charge on any atom is -0.397 e. The highest BCUT2D eigenvalue weighted by Crippen LogP contribution is 2.28. The lowest BCUT2D eigenvalue weighted by molar-refractivity contribution is 0.0263. The molecule has 2 rings (SSSR count). The van der Waals surface area contributed by atoms with Crippen LogP contribution in [0, 0.1) is 5.92 Å². The number of hydrogen-bond donors (Lipinski definition) is 2. The van der Waals surface area contributed by atoms with Crippen molar-refractivity contribution in [3.63, 3.8) is 0 Å². The number of amides is 1. The molecule has 1 aliphatic rings. The molecule has 0 aromatic carbocycles. The lowest BCUT2D eigenvalue weighted by Crippen LogP contribution is -2.39. The first-order chi connectivity index (χ1) is 7.97.